The van der Waals surface area contributed by atoms with Gasteiger partial charge < -0.3 is 16.0 Å². The molecule has 0 radical (unpaired) electrons. The Labute approximate surface area is 133 Å². The summed E-state index contributed by atoms with van der Waals surface area (Å²) in [6, 6.07) is 13.0. The summed E-state index contributed by atoms with van der Waals surface area (Å²) >= 11 is 6.03. The first-order chi connectivity index (χ1) is 10.6. The van der Waals surface area contributed by atoms with Crippen molar-refractivity contribution in [2.24, 2.45) is 0 Å². The molecule has 0 fully saturated rings. The molecule has 3 rings (SSSR count). The van der Waals surface area contributed by atoms with Gasteiger partial charge in [0.05, 0.1) is 10.6 Å². The van der Waals surface area contributed by atoms with Gasteiger partial charge in [0.1, 0.15) is 0 Å². The first-order valence-corrected chi connectivity index (χ1v) is 7.41. The summed E-state index contributed by atoms with van der Waals surface area (Å²) in [5.74, 6) is -0.211. The average molecular weight is 314 g/mol. The summed E-state index contributed by atoms with van der Waals surface area (Å²) < 4.78 is 0. The molecule has 1 heterocycles. The lowest BCUT2D eigenvalue weighted by molar-refractivity contribution is 0.0954. The van der Waals surface area contributed by atoms with E-state index in [0.717, 1.165) is 11.9 Å². The van der Waals surface area contributed by atoms with Gasteiger partial charge in [-0.2, -0.15) is 0 Å². The maximum atomic E-state index is 12.2. The number of nitrogen functional groups attached to an aromatic ring is 1. The van der Waals surface area contributed by atoms with E-state index in [-0.39, 0.29) is 5.91 Å². The lowest BCUT2D eigenvalue weighted by Gasteiger charge is -2.07. The van der Waals surface area contributed by atoms with E-state index >= 15 is 0 Å². The van der Waals surface area contributed by atoms with Gasteiger partial charge in [-0.05, 0) is 36.2 Å². The summed E-state index contributed by atoms with van der Waals surface area (Å²) in [4.78, 5) is 15.4. The molecule has 0 bridgehead atoms. The van der Waals surface area contributed by atoms with Crippen molar-refractivity contribution in [1.82, 2.24) is 10.3 Å². The SMILES string of the molecule is Nc1ccc(Cl)c(C(=O)NCCc2c[nH]c3ccccc23)c1. The van der Waals surface area contributed by atoms with Crippen LogP contribution in [0, 0.1) is 0 Å². The minimum Gasteiger partial charge on any atom is -0.399 e. The fourth-order valence-electron chi connectivity index (χ4n) is 2.46. The smallest absolute Gasteiger partial charge is 0.252 e. The van der Waals surface area contributed by atoms with Crippen molar-refractivity contribution in [2.75, 3.05) is 12.3 Å². The van der Waals surface area contributed by atoms with Crippen molar-refractivity contribution >= 4 is 34.1 Å². The zero-order valence-corrected chi connectivity index (χ0v) is 12.7. The number of benzene rings is 2. The number of carbonyl (C=O) groups is 1. The van der Waals surface area contributed by atoms with E-state index < -0.39 is 0 Å². The lowest BCUT2D eigenvalue weighted by Crippen LogP contribution is -2.26. The minimum absolute atomic E-state index is 0.211. The van der Waals surface area contributed by atoms with Gasteiger partial charge in [-0.25, -0.2) is 0 Å². The number of fused-ring (bicyclic) bond motifs is 1. The van der Waals surface area contributed by atoms with Crippen molar-refractivity contribution in [3.63, 3.8) is 0 Å². The number of nitrogens with two attached hydrogens (primary N) is 1. The summed E-state index contributed by atoms with van der Waals surface area (Å²) in [6.45, 7) is 0.534. The third-order valence-corrected chi connectivity index (χ3v) is 3.92. The van der Waals surface area contributed by atoms with Crippen LogP contribution in [0.3, 0.4) is 0 Å². The Morgan fingerprint density at radius 1 is 1.23 bits per heavy atom. The molecule has 1 aromatic heterocycles. The van der Waals surface area contributed by atoms with Crippen LogP contribution in [0.1, 0.15) is 15.9 Å². The number of carbonyl (C=O) groups excluding carboxylic acids is 1. The molecule has 0 saturated heterocycles. The number of aromatic nitrogens is 1. The fraction of sp³-hybridized carbons (Fsp3) is 0.118. The molecule has 0 aliphatic carbocycles. The molecule has 5 heteroatoms. The maximum absolute atomic E-state index is 12.2. The number of halogens is 1. The van der Waals surface area contributed by atoms with E-state index in [1.165, 1.54) is 10.9 Å². The number of para-hydroxylation sites is 1. The molecule has 22 heavy (non-hydrogen) atoms. The lowest BCUT2D eigenvalue weighted by atomic mass is 10.1. The van der Waals surface area contributed by atoms with Crippen LogP contribution in [0.25, 0.3) is 10.9 Å². The molecule has 1 amide bonds. The van der Waals surface area contributed by atoms with E-state index in [0.29, 0.717) is 22.8 Å². The quantitative estimate of drug-likeness (QED) is 0.646. The normalized spacial score (nSPS) is 10.8. The first-order valence-electron chi connectivity index (χ1n) is 7.03. The maximum Gasteiger partial charge on any atom is 0.252 e. The number of amides is 1. The first kappa shape index (κ1) is 14.5. The summed E-state index contributed by atoms with van der Waals surface area (Å²) in [6.07, 6.45) is 2.72. The Morgan fingerprint density at radius 2 is 2.05 bits per heavy atom. The highest BCUT2D eigenvalue weighted by atomic mass is 35.5. The van der Waals surface area contributed by atoms with Crippen molar-refractivity contribution < 1.29 is 4.79 Å². The van der Waals surface area contributed by atoms with E-state index in [1.54, 1.807) is 18.2 Å². The van der Waals surface area contributed by atoms with Gasteiger partial charge in [-0.1, -0.05) is 29.8 Å². The predicted octanol–water partition coefficient (Wildman–Crippen LogP) is 3.38. The number of H-pyrrole nitrogens is 1. The summed E-state index contributed by atoms with van der Waals surface area (Å²) in [7, 11) is 0. The number of hydrogen-bond donors (Lipinski definition) is 3. The van der Waals surface area contributed by atoms with Crippen molar-refractivity contribution in [1.29, 1.82) is 0 Å². The Kier molecular flexibility index (Phi) is 4.02. The monoisotopic (exact) mass is 313 g/mol. The highest BCUT2D eigenvalue weighted by Gasteiger charge is 2.10. The Morgan fingerprint density at radius 3 is 2.91 bits per heavy atom. The number of nitrogens with one attached hydrogen (secondary N) is 2. The van der Waals surface area contributed by atoms with Crippen molar-refractivity contribution in [3.05, 3.63) is 64.8 Å². The molecular weight excluding hydrogens is 298 g/mol. The van der Waals surface area contributed by atoms with Crippen LogP contribution in [0.5, 0.6) is 0 Å². The van der Waals surface area contributed by atoms with Gasteiger partial charge in [0, 0.05) is 29.3 Å². The summed E-state index contributed by atoms with van der Waals surface area (Å²) in [5.41, 5.74) is 8.89. The molecular formula is C17H16ClN3O. The highest BCUT2D eigenvalue weighted by Crippen LogP contribution is 2.19. The molecule has 0 spiro atoms. The van der Waals surface area contributed by atoms with Crippen LogP contribution < -0.4 is 11.1 Å². The zero-order chi connectivity index (χ0) is 15.5. The Bertz CT molecular complexity index is 826. The Balaban J connectivity index is 1.65. The van der Waals surface area contributed by atoms with Gasteiger partial charge in [-0.15, -0.1) is 0 Å². The average Bonchev–Trinajstić information content (AvgIpc) is 2.93. The largest absolute Gasteiger partial charge is 0.399 e. The topological polar surface area (TPSA) is 70.9 Å². The van der Waals surface area contributed by atoms with Crippen LogP contribution in [0.2, 0.25) is 5.02 Å². The van der Waals surface area contributed by atoms with Crippen LogP contribution in [0.15, 0.2) is 48.7 Å². The fourth-order valence-corrected chi connectivity index (χ4v) is 2.66. The zero-order valence-electron chi connectivity index (χ0n) is 11.9. The van der Waals surface area contributed by atoms with Crippen LogP contribution in [-0.4, -0.2) is 17.4 Å². The van der Waals surface area contributed by atoms with E-state index in [9.17, 15) is 4.79 Å². The predicted molar refractivity (Wildman–Crippen MR) is 90.2 cm³/mol. The second-order valence-electron chi connectivity index (χ2n) is 5.10. The minimum atomic E-state index is -0.211. The van der Waals surface area contributed by atoms with Gasteiger partial charge >= 0.3 is 0 Å². The summed E-state index contributed by atoms with van der Waals surface area (Å²) in [5, 5.41) is 4.46. The highest BCUT2D eigenvalue weighted by molar-refractivity contribution is 6.34. The Hall–Kier alpha value is -2.46. The molecule has 3 aromatic rings. The van der Waals surface area contributed by atoms with Crippen molar-refractivity contribution in [2.45, 2.75) is 6.42 Å². The molecule has 112 valence electrons. The number of anilines is 1. The number of rotatable bonds is 4. The van der Waals surface area contributed by atoms with Crippen LogP contribution in [-0.2, 0) is 6.42 Å². The van der Waals surface area contributed by atoms with E-state index in [2.05, 4.69) is 16.4 Å². The standard InChI is InChI=1S/C17H16ClN3O/c18-15-6-5-12(19)9-14(15)17(22)20-8-7-11-10-21-16-4-2-1-3-13(11)16/h1-6,9-10,21H,7-8,19H2,(H,20,22). The van der Waals surface area contributed by atoms with E-state index in [1.807, 2.05) is 24.4 Å². The van der Waals surface area contributed by atoms with Crippen LogP contribution >= 0.6 is 11.6 Å². The second kappa shape index (κ2) is 6.12. The molecule has 4 nitrogen and oxygen atoms in total. The second-order valence-corrected chi connectivity index (χ2v) is 5.51. The molecule has 0 aliphatic rings. The third-order valence-electron chi connectivity index (χ3n) is 3.59. The molecule has 2 aromatic carbocycles. The number of hydrogen-bond acceptors (Lipinski definition) is 2. The van der Waals surface area contributed by atoms with E-state index in [4.69, 9.17) is 17.3 Å². The number of aromatic amines is 1. The molecule has 0 atom stereocenters. The van der Waals surface area contributed by atoms with Crippen LogP contribution in [0.4, 0.5) is 5.69 Å². The third kappa shape index (κ3) is 2.92. The molecule has 0 saturated carbocycles. The molecule has 4 N–H and O–H groups in total. The van der Waals surface area contributed by atoms with Crippen molar-refractivity contribution in [3.8, 4) is 0 Å². The molecule has 0 aliphatic heterocycles. The van der Waals surface area contributed by atoms with Gasteiger partial charge in [0.2, 0.25) is 0 Å². The van der Waals surface area contributed by atoms with Gasteiger partial charge in [0.15, 0.2) is 0 Å². The molecule has 0 unspecified atom stereocenters. The van der Waals surface area contributed by atoms with Gasteiger partial charge in [-0.3, -0.25) is 4.79 Å². The van der Waals surface area contributed by atoms with Gasteiger partial charge in [0.25, 0.3) is 5.91 Å².